The molecule has 0 heterocycles. The molecule has 0 saturated carbocycles. The van der Waals surface area contributed by atoms with Crippen molar-refractivity contribution >= 4 is 76.4 Å². The van der Waals surface area contributed by atoms with E-state index in [-0.39, 0.29) is 46.8 Å². The molecular formula is C100H72BrFO7. The summed E-state index contributed by atoms with van der Waals surface area (Å²) in [5.74, 6) is 1.17. The molecule has 2 N–H and O–H groups in total. The van der Waals surface area contributed by atoms with Gasteiger partial charge in [-0.05, 0) is 134 Å². The molecule has 0 saturated heterocycles. The third-order valence-electron chi connectivity index (χ3n) is 19.5. The van der Waals surface area contributed by atoms with Crippen LogP contribution in [-0.2, 0) is 0 Å². The van der Waals surface area contributed by atoms with Crippen LogP contribution < -0.4 is 9.47 Å². The van der Waals surface area contributed by atoms with E-state index in [1.54, 1.807) is 36.4 Å². The van der Waals surface area contributed by atoms with Gasteiger partial charge in [-0.25, -0.2) is 0 Å². The highest BCUT2D eigenvalue weighted by molar-refractivity contribution is 9.09. The smallest absolute Gasteiger partial charge is 0.200 e. The van der Waals surface area contributed by atoms with Gasteiger partial charge in [0.15, 0.2) is 30.6 Å². The Morgan fingerprint density at radius 1 is 0.239 bits per heavy atom. The third-order valence-corrected chi connectivity index (χ3v) is 20.0. The van der Waals surface area contributed by atoms with E-state index in [1.807, 2.05) is 115 Å². The number of rotatable bonds is 18. The van der Waals surface area contributed by atoms with Gasteiger partial charge in [0.2, 0.25) is 0 Å². The quantitative estimate of drug-likeness (QED) is 0.0500. The van der Waals surface area contributed by atoms with Crippen LogP contribution in [-0.4, -0.2) is 46.1 Å². The summed E-state index contributed by atoms with van der Waals surface area (Å²) in [6.45, 7) is -0.311. The SMILES string of the molecule is F.O=C(CBr)c1ccccc1.O=C(COc1cc(-c2ccc(-c3cccc4ccccc34)cc2)c(OCC(=O)c2ccccc2)cc1-c1ccc(-c2cccc3ccccc23)cc1)c1ccccc1.Oc1cc(-c2ccc(-c3cccc4ccccc34)cc2)c(O)cc1-c1ccc(-c2cccc3ccccc23)cc1. The first-order valence-electron chi connectivity index (χ1n) is 35.7. The fourth-order valence-corrected chi connectivity index (χ4v) is 14.2. The van der Waals surface area contributed by atoms with Crippen LogP contribution in [0.2, 0.25) is 0 Å². The topological polar surface area (TPSA) is 110 Å². The number of fused-ring (bicyclic) bond motifs is 4. The monoisotopic (exact) mass is 1480 g/mol. The minimum atomic E-state index is -0.155. The Hall–Kier alpha value is -13.6. The fraction of sp³-hybridized carbons (Fsp3) is 0.0300. The van der Waals surface area contributed by atoms with Crippen LogP contribution in [0.15, 0.2) is 382 Å². The second-order valence-corrected chi connectivity index (χ2v) is 26.8. The predicted octanol–water partition coefficient (Wildman–Crippen LogP) is 25.7. The Balaban J connectivity index is 0.000000168. The molecule has 528 valence electrons. The number of ether oxygens (including phenoxy) is 2. The van der Waals surface area contributed by atoms with Gasteiger partial charge in [-0.1, -0.05) is 374 Å². The van der Waals surface area contributed by atoms with Crippen LogP contribution in [0.3, 0.4) is 0 Å². The molecule has 0 bridgehead atoms. The normalized spacial score (nSPS) is 10.8. The van der Waals surface area contributed by atoms with Gasteiger partial charge in [0.25, 0.3) is 0 Å². The molecule has 17 aromatic carbocycles. The predicted molar refractivity (Wildman–Crippen MR) is 449 cm³/mol. The van der Waals surface area contributed by atoms with Crippen molar-refractivity contribution in [3.05, 3.63) is 399 Å². The lowest BCUT2D eigenvalue weighted by atomic mass is 9.93. The molecule has 0 radical (unpaired) electrons. The number of halogens is 2. The zero-order valence-corrected chi connectivity index (χ0v) is 60.8. The van der Waals surface area contributed by atoms with Gasteiger partial charge in [0.05, 0.1) is 5.33 Å². The number of alkyl halides is 1. The second kappa shape index (κ2) is 33.7. The van der Waals surface area contributed by atoms with Gasteiger partial charge in [0, 0.05) is 38.9 Å². The molecule has 0 aliphatic rings. The summed E-state index contributed by atoms with van der Waals surface area (Å²) in [5.41, 5.74) is 17.0. The number of aromatic hydroxyl groups is 2. The van der Waals surface area contributed by atoms with Crippen LogP contribution in [0.5, 0.6) is 23.0 Å². The van der Waals surface area contributed by atoms with Gasteiger partial charge in [0.1, 0.15) is 23.0 Å². The minimum absolute atomic E-state index is 0. The van der Waals surface area contributed by atoms with Crippen molar-refractivity contribution in [1.29, 1.82) is 0 Å². The molecule has 0 aliphatic heterocycles. The van der Waals surface area contributed by atoms with Crippen molar-refractivity contribution in [2.45, 2.75) is 0 Å². The maximum absolute atomic E-state index is 13.4. The number of ketones is 3. The zero-order chi connectivity index (χ0) is 73.7. The summed E-state index contributed by atoms with van der Waals surface area (Å²) in [6.07, 6.45) is 0. The van der Waals surface area contributed by atoms with E-state index < -0.39 is 0 Å². The molecule has 109 heavy (non-hydrogen) atoms. The first-order chi connectivity index (χ1) is 53.1. The zero-order valence-electron chi connectivity index (χ0n) is 59.2. The van der Waals surface area contributed by atoms with E-state index in [0.29, 0.717) is 39.1 Å². The average molecular weight is 1480 g/mol. The third kappa shape index (κ3) is 16.3. The van der Waals surface area contributed by atoms with Crippen LogP contribution in [0.25, 0.3) is 132 Å². The van der Waals surface area contributed by atoms with Crippen molar-refractivity contribution < 1.29 is 38.8 Å². The summed E-state index contributed by atoms with van der Waals surface area (Å²) in [4.78, 5) is 37.7. The maximum Gasteiger partial charge on any atom is 0.200 e. The molecule has 17 aromatic rings. The Labute approximate surface area is 640 Å². The standard InChI is InChI=1S/C54H38O4.C38H26O2.C8H7BrO.FH/c55-51(43-15-3-1-4-16-43)35-57-53-33-50(42-31-27-40(28-32-42)48-24-12-20-38-14-8-10-22-46(38)48)54(58-36-52(56)44-17-5-2-6-18-44)34-49(53)41-29-25-39(26-30-41)47-23-11-19-37-13-7-9-21-45(37)47;39-37-24-36(30-21-17-28(18-22-30)34-14-6-10-26-8-2-4-12-32(26)34)38(40)23-35(37)29-19-15-27(16-20-29)33-13-5-9-25-7-1-3-11-31(25)33;9-6-8(10)7-4-2-1-3-5-7;/h1-34H,35-36H2;1-24,39-40H;1-5H,6H2;1H. The minimum Gasteiger partial charge on any atom is -0.507 e. The van der Waals surface area contributed by atoms with Crippen LogP contribution in [0, 0.1) is 0 Å². The van der Waals surface area contributed by atoms with Crippen molar-refractivity contribution in [3.8, 4) is 112 Å². The summed E-state index contributed by atoms with van der Waals surface area (Å²) in [7, 11) is 0. The van der Waals surface area contributed by atoms with E-state index in [4.69, 9.17) is 9.47 Å². The molecule has 0 amide bonds. The molecule has 0 spiro atoms. The molecule has 0 atom stereocenters. The largest absolute Gasteiger partial charge is 0.507 e. The van der Waals surface area contributed by atoms with E-state index in [0.717, 1.165) is 72.3 Å². The van der Waals surface area contributed by atoms with Gasteiger partial charge < -0.3 is 19.7 Å². The molecule has 0 unspecified atom stereocenters. The summed E-state index contributed by atoms with van der Waals surface area (Å²) < 4.78 is 12.9. The Bertz CT molecular complexity index is 5720. The van der Waals surface area contributed by atoms with Gasteiger partial charge in [-0.3, -0.25) is 19.1 Å². The van der Waals surface area contributed by atoms with Crippen molar-refractivity contribution in [3.63, 3.8) is 0 Å². The molecule has 0 aromatic heterocycles. The maximum atomic E-state index is 13.4. The van der Waals surface area contributed by atoms with Gasteiger partial charge >= 0.3 is 0 Å². The summed E-state index contributed by atoms with van der Waals surface area (Å²) >= 11 is 3.10. The number of hydrogen-bond donors (Lipinski definition) is 2. The summed E-state index contributed by atoms with van der Waals surface area (Å²) in [5, 5.41) is 31.9. The number of Topliss-reactive ketones (excluding diaryl/α,β-unsaturated/α-hetero) is 3. The van der Waals surface area contributed by atoms with Gasteiger partial charge in [-0.2, -0.15) is 0 Å². The lowest BCUT2D eigenvalue weighted by Crippen LogP contribution is -2.13. The number of hydrogen-bond acceptors (Lipinski definition) is 7. The highest BCUT2D eigenvalue weighted by Crippen LogP contribution is 2.45. The van der Waals surface area contributed by atoms with Crippen molar-refractivity contribution in [1.82, 2.24) is 0 Å². The number of carbonyl (C=O) groups is 3. The summed E-state index contributed by atoms with van der Waals surface area (Å²) in [6, 6.07) is 126. The van der Waals surface area contributed by atoms with E-state index in [1.165, 1.54) is 54.2 Å². The molecule has 17 rings (SSSR count). The van der Waals surface area contributed by atoms with Gasteiger partial charge in [-0.15, -0.1) is 0 Å². The molecule has 7 nitrogen and oxygen atoms in total. The van der Waals surface area contributed by atoms with Crippen molar-refractivity contribution in [2.75, 3.05) is 18.5 Å². The molecule has 0 aliphatic carbocycles. The second-order valence-electron chi connectivity index (χ2n) is 26.2. The van der Waals surface area contributed by atoms with Crippen molar-refractivity contribution in [2.24, 2.45) is 0 Å². The first-order valence-corrected chi connectivity index (χ1v) is 36.9. The highest BCUT2D eigenvalue weighted by Gasteiger charge is 2.21. The van der Waals surface area contributed by atoms with Crippen LogP contribution in [0.4, 0.5) is 4.70 Å². The van der Waals surface area contributed by atoms with Crippen LogP contribution >= 0.6 is 15.9 Å². The van der Waals surface area contributed by atoms with Crippen LogP contribution in [0.1, 0.15) is 31.1 Å². The Morgan fingerprint density at radius 2 is 0.459 bits per heavy atom. The van der Waals surface area contributed by atoms with E-state index in [9.17, 15) is 24.6 Å². The number of phenols is 2. The number of benzene rings is 17. The Kier molecular flexibility index (Phi) is 22.3. The lowest BCUT2D eigenvalue weighted by Gasteiger charge is -2.19. The number of carbonyl (C=O) groups excluding carboxylic acids is 3. The lowest BCUT2D eigenvalue weighted by molar-refractivity contribution is 0.0913. The molecular weight excluding hydrogens is 1410 g/mol. The Morgan fingerprint density at radius 3 is 0.725 bits per heavy atom. The molecule has 9 heteroatoms. The first kappa shape index (κ1) is 72.3. The number of phenolic OH excluding ortho intramolecular Hbond substituents is 2. The fourth-order valence-electron chi connectivity index (χ4n) is 13.9. The highest BCUT2D eigenvalue weighted by atomic mass is 79.9. The average Bonchev–Trinajstić information content (AvgIpc) is 0.790. The molecule has 0 fully saturated rings. The van der Waals surface area contributed by atoms with E-state index in [2.05, 4.69) is 246 Å². The van der Waals surface area contributed by atoms with E-state index >= 15 is 0 Å².